The summed E-state index contributed by atoms with van der Waals surface area (Å²) in [5, 5.41) is 1.53. The first kappa shape index (κ1) is 23.2. The average molecular weight is 534 g/mol. The van der Waals surface area contributed by atoms with Gasteiger partial charge in [0.1, 0.15) is 0 Å². The van der Waals surface area contributed by atoms with E-state index in [4.69, 9.17) is 18.9 Å². The van der Waals surface area contributed by atoms with Crippen molar-refractivity contribution in [1.82, 2.24) is 0 Å². The molecule has 0 saturated carbocycles. The van der Waals surface area contributed by atoms with E-state index >= 15 is 0 Å². The lowest BCUT2D eigenvalue weighted by Gasteiger charge is -2.20. The van der Waals surface area contributed by atoms with Crippen LogP contribution in [0.5, 0.6) is 23.0 Å². The normalized spacial score (nSPS) is 11.7. The zero-order valence-electron chi connectivity index (χ0n) is 18.0. The van der Waals surface area contributed by atoms with Crippen LogP contribution in [0.4, 0.5) is 0 Å². The van der Waals surface area contributed by atoms with Gasteiger partial charge in [0.2, 0.25) is 11.5 Å². The van der Waals surface area contributed by atoms with Gasteiger partial charge in [0.25, 0.3) is 0 Å². The van der Waals surface area contributed by atoms with Gasteiger partial charge in [-0.3, -0.25) is 0 Å². The van der Waals surface area contributed by atoms with Gasteiger partial charge < -0.3 is 18.9 Å². The molecule has 6 heteroatoms. The summed E-state index contributed by atoms with van der Waals surface area (Å²) in [4.78, 5) is 12.8. The van der Waals surface area contributed by atoms with Gasteiger partial charge in [-0.15, -0.1) is 0 Å². The number of fused-ring (bicyclic) bond motifs is 1. The van der Waals surface area contributed by atoms with Crippen LogP contribution in [-0.4, -0.2) is 30.7 Å². The average Bonchev–Trinajstić information content (AvgIpc) is 2.82. The Labute approximate surface area is 196 Å². The summed E-state index contributed by atoms with van der Waals surface area (Å²) < 4.78 is 23.9. The number of alkyl halides is 1. The fraction of sp³-hybridized carbons (Fsp3) is 0.320. The number of esters is 1. The summed E-state index contributed by atoms with van der Waals surface area (Å²) in [5.74, 6) is 1.19. The highest BCUT2D eigenvalue weighted by atomic mass is 127. The zero-order chi connectivity index (χ0) is 22.2. The van der Waals surface area contributed by atoms with Gasteiger partial charge in [0.15, 0.2) is 11.5 Å². The lowest BCUT2D eigenvalue weighted by molar-refractivity contribution is 0.0731. The van der Waals surface area contributed by atoms with E-state index in [9.17, 15) is 4.79 Å². The molecular formula is C25H27IO5. The summed E-state index contributed by atoms with van der Waals surface area (Å²) in [7, 11) is 3.08. The van der Waals surface area contributed by atoms with Crippen LogP contribution < -0.4 is 18.9 Å². The first-order chi connectivity index (χ1) is 15.1. The summed E-state index contributed by atoms with van der Waals surface area (Å²) in [5.41, 5.74) is 0.456. The van der Waals surface area contributed by atoms with Crippen molar-refractivity contribution in [2.45, 2.75) is 30.1 Å². The minimum atomic E-state index is -0.465. The largest absolute Gasteiger partial charge is 0.490 e. The van der Waals surface area contributed by atoms with Gasteiger partial charge in [-0.1, -0.05) is 72.0 Å². The predicted molar refractivity (Wildman–Crippen MR) is 131 cm³/mol. The SMILES string of the molecule is CCC(I)CCCOc1c(OC)c(OC)c(OC(=O)c2ccccc2)c2ccccc12. The number of hydrogen-bond donors (Lipinski definition) is 0. The molecule has 0 aliphatic heterocycles. The Bertz CT molecular complexity index is 1020. The quantitative estimate of drug-likeness (QED) is 0.0985. The van der Waals surface area contributed by atoms with Gasteiger partial charge in [0, 0.05) is 14.7 Å². The molecule has 0 fully saturated rings. The second-order valence-corrected chi connectivity index (χ2v) is 8.78. The highest BCUT2D eigenvalue weighted by molar-refractivity contribution is 14.1. The summed E-state index contributed by atoms with van der Waals surface area (Å²) in [6, 6.07) is 16.5. The molecule has 0 radical (unpaired) electrons. The van der Waals surface area contributed by atoms with E-state index in [1.165, 1.54) is 7.11 Å². The van der Waals surface area contributed by atoms with Crippen molar-refractivity contribution < 1.29 is 23.7 Å². The molecule has 0 amide bonds. The molecule has 3 aromatic carbocycles. The monoisotopic (exact) mass is 534 g/mol. The molecule has 0 aliphatic rings. The molecule has 31 heavy (non-hydrogen) atoms. The summed E-state index contributed by atoms with van der Waals surface area (Å²) in [6.45, 7) is 2.75. The number of benzene rings is 3. The van der Waals surface area contributed by atoms with Gasteiger partial charge in [-0.05, 0) is 31.4 Å². The van der Waals surface area contributed by atoms with E-state index in [0.29, 0.717) is 39.1 Å². The number of hydrogen-bond acceptors (Lipinski definition) is 5. The molecule has 0 heterocycles. The van der Waals surface area contributed by atoms with Crippen LogP contribution in [0.15, 0.2) is 54.6 Å². The van der Waals surface area contributed by atoms with Crippen LogP contribution in [0.25, 0.3) is 10.8 Å². The smallest absolute Gasteiger partial charge is 0.343 e. The van der Waals surface area contributed by atoms with E-state index in [2.05, 4.69) is 29.5 Å². The minimum absolute atomic E-state index is 0.314. The van der Waals surface area contributed by atoms with Crippen molar-refractivity contribution in [3.63, 3.8) is 0 Å². The van der Waals surface area contributed by atoms with E-state index < -0.39 is 5.97 Å². The molecule has 0 saturated heterocycles. The topological polar surface area (TPSA) is 54.0 Å². The maximum absolute atomic E-state index is 12.8. The van der Waals surface area contributed by atoms with Crippen LogP contribution >= 0.6 is 22.6 Å². The molecule has 0 aromatic heterocycles. The van der Waals surface area contributed by atoms with Crippen LogP contribution in [0, 0.1) is 0 Å². The molecule has 0 bridgehead atoms. The lowest BCUT2D eigenvalue weighted by Crippen LogP contribution is -2.11. The molecule has 3 aromatic rings. The first-order valence-electron chi connectivity index (χ1n) is 10.3. The molecule has 0 spiro atoms. The third kappa shape index (κ3) is 5.42. The second-order valence-electron chi connectivity index (χ2n) is 7.02. The number of carbonyl (C=O) groups excluding carboxylic acids is 1. The highest BCUT2D eigenvalue weighted by Crippen LogP contribution is 2.51. The predicted octanol–water partition coefficient (Wildman–Crippen LogP) is 6.45. The van der Waals surface area contributed by atoms with E-state index in [-0.39, 0.29) is 0 Å². The Hall–Kier alpha value is -2.48. The standard InChI is InChI=1S/C25H27IO5/c1-4-18(26)13-10-16-30-21-19-14-8-9-15-20(19)22(24(29-3)23(21)28-2)31-25(27)17-11-6-5-7-12-17/h5-9,11-12,14-15,18H,4,10,13,16H2,1-3H3. The van der Waals surface area contributed by atoms with Gasteiger partial charge in [-0.2, -0.15) is 0 Å². The van der Waals surface area contributed by atoms with Crippen LogP contribution in [-0.2, 0) is 0 Å². The Morgan fingerprint density at radius 1 is 0.871 bits per heavy atom. The second kappa shape index (κ2) is 11.2. The van der Waals surface area contributed by atoms with Crippen molar-refractivity contribution in [2.75, 3.05) is 20.8 Å². The van der Waals surface area contributed by atoms with Crippen molar-refractivity contribution >= 4 is 39.3 Å². The van der Waals surface area contributed by atoms with Crippen molar-refractivity contribution in [1.29, 1.82) is 0 Å². The molecule has 3 rings (SSSR count). The van der Waals surface area contributed by atoms with Crippen LogP contribution in [0.1, 0.15) is 36.5 Å². The lowest BCUT2D eigenvalue weighted by atomic mass is 10.1. The number of ether oxygens (including phenoxy) is 4. The Morgan fingerprint density at radius 3 is 2.06 bits per heavy atom. The molecule has 1 unspecified atom stereocenters. The van der Waals surface area contributed by atoms with Gasteiger partial charge in [-0.25, -0.2) is 4.79 Å². The summed E-state index contributed by atoms with van der Waals surface area (Å²) in [6.07, 6.45) is 3.16. The van der Waals surface area contributed by atoms with E-state index in [1.807, 2.05) is 30.3 Å². The number of carbonyl (C=O) groups is 1. The minimum Gasteiger partial charge on any atom is -0.490 e. The molecule has 5 nitrogen and oxygen atoms in total. The Morgan fingerprint density at radius 2 is 1.45 bits per heavy atom. The fourth-order valence-electron chi connectivity index (χ4n) is 3.35. The maximum Gasteiger partial charge on any atom is 0.343 e. The third-order valence-corrected chi connectivity index (χ3v) is 6.50. The number of rotatable bonds is 10. The number of methoxy groups -OCH3 is 2. The van der Waals surface area contributed by atoms with Gasteiger partial charge in [0.05, 0.1) is 26.4 Å². The van der Waals surface area contributed by atoms with Crippen molar-refractivity contribution in [2.24, 2.45) is 0 Å². The fourth-order valence-corrected chi connectivity index (χ4v) is 3.79. The Balaban J connectivity index is 2.00. The zero-order valence-corrected chi connectivity index (χ0v) is 20.2. The van der Waals surface area contributed by atoms with Crippen LogP contribution in [0.3, 0.4) is 0 Å². The highest BCUT2D eigenvalue weighted by Gasteiger charge is 2.25. The molecule has 1 atom stereocenters. The van der Waals surface area contributed by atoms with E-state index in [1.54, 1.807) is 31.4 Å². The van der Waals surface area contributed by atoms with Crippen molar-refractivity contribution in [3.05, 3.63) is 60.2 Å². The summed E-state index contributed by atoms with van der Waals surface area (Å²) >= 11 is 2.47. The van der Waals surface area contributed by atoms with Gasteiger partial charge >= 0.3 is 5.97 Å². The molecular weight excluding hydrogens is 507 g/mol. The third-order valence-electron chi connectivity index (χ3n) is 5.00. The molecule has 0 N–H and O–H groups in total. The van der Waals surface area contributed by atoms with E-state index in [0.717, 1.165) is 30.0 Å². The maximum atomic E-state index is 12.8. The van der Waals surface area contributed by atoms with Crippen molar-refractivity contribution in [3.8, 4) is 23.0 Å². The Kier molecular flexibility index (Phi) is 8.40. The molecule has 0 aliphatic carbocycles. The molecule has 164 valence electrons. The van der Waals surface area contributed by atoms with Crippen LogP contribution in [0.2, 0.25) is 0 Å². The first-order valence-corrected chi connectivity index (χ1v) is 11.6. The number of halogens is 1.